The predicted molar refractivity (Wildman–Crippen MR) is 72.3 cm³/mol. The molecule has 0 fully saturated rings. The van der Waals surface area contributed by atoms with Crippen LogP contribution in [0.25, 0.3) is 0 Å². The molecule has 3 N–H and O–H groups in total. The van der Waals surface area contributed by atoms with Crippen molar-refractivity contribution < 1.29 is 18.3 Å². The molecule has 0 bridgehead atoms. The first kappa shape index (κ1) is 16.4. The lowest BCUT2D eigenvalue weighted by molar-refractivity contribution is -0.125. The summed E-state index contributed by atoms with van der Waals surface area (Å²) in [4.78, 5) is 11.7. The van der Waals surface area contributed by atoms with E-state index in [0.717, 1.165) is 12.1 Å². The lowest BCUT2D eigenvalue weighted by atomic mass is 10.0. The van der Waals surface area contributed by atoms with Crippen LogP contribution in [0.5, 0.6) is 5.75 Å². The quantitative estimate of drug-likeness (QED) is 0.838. The normalized spacial score (nSPS) is 15.3. The van der Waals surface area contributed by atoms with Crippen LogP contribution in [-0.4, -0.2) is 24.6 Å². The van der Waals surface area contributed by atoms with E-state index in [0.29, 0.717) is 0 Å². The van der Waals surface area contributed by atoms with Crippen LogP contribution in [0.15, 0.2) is 18.2 Å². The molecule has 0 aliphatic rings. The second-order valence-corrected chi connectivity index (χ2v) is 4.94. The van der Waals surface area contributed by atoms with E-state index >= 15 is 0 Å². The van der Waals surface area contributed by atoms with Crippen LogP contribution in [0, 0.1) is 17.6 Å². The summed E-state index contributed by atoms with van der Waals surface area (Å²) in [6.07, 6.45) is 0. The molecule has 0 radical (unpaired) electrons. The van der Waals surface area contributed by atoms with Crippen molar-refractivity contribution in [3.05, 3.63) is 29.8 Å². The standard InChI is InChI=1S/C14H20F2N2O2/c1-8(18-14(19)9(2)10(3)17)7-20-13-5-4-11(15)6-12(13)16/h4-6,8-10H,7,17H2,1-3H3,(H,18,19). The fourth-order valence-electron chi connectivity index (χ4n) is 1.46. The highest BCUT2D eigenvalue weighted by Crippen LogP contribution is 2.17. The number of carbonyl (C=O) groups is 1. The van der Waals surface area contributed by atoms with Crippen molar-refractivity contribution >= 4 is 5.91 Å². The topological polar surface area (TPSA) is 64.3 Å². The summed E-state index contributed by atoms with van der Waals surface area (Å²) >= 11 is 0. The van der Waals surface area contributed by atoms with Crippen LogP contribution >= 0.6 is 0 Å². The maximum Gasteiger partial charge on any atom is 0.224 e. The van der Waals surface area contributed by atoms with Crippen LogP contribution in [0.1, 0.15) is 20.8 Å². The summed E-state index contributed by atoms with van der Waals surface area (Å²) in [5.41, 5.74) is 5.63. The number of hydrogen-bond acceptors (Lipinski definition) is 3. The molecule has 1 rings (SSSR count). The van der Waals surface area contributed by atoms with Gasteiger partial charge in [0.15, 0.2) is 11.6 Å². The molecule has 0 aliphatic carbocycles. The fourth-order valence-corrected chi connectivity index (χ4v) is 1.46. The minimum Gasteiger partial charge on any atom is -0.488 e. The first-order chi connectivity index (χ1) is 9.31. The Morgan fingerprint density at radius 2 is 2.00 bits per heavy atom. The molecule has 0 saturated carbocycles. The van der Waals surface area contributed by atoms with Gasteiger partial charge in [0.2, 0.25) is 5.91 Å². The van der Waals surface area contributed by atoms with Crippen molar-refractivity contribution in [1.82, 2.24) is 5.32 Å². The van der Waals surface area contributed by atoms with Gasteiger partial charge in [0.05, 0.1) is 6.04 Å². The van der Waals surface area contributed by atoms with Gasteiger partial charge < -0.3 is 15.8 Å². The van der Waals surface area contributed by atoms with Crippen molar-refractivity contribution in [3.63, 3.8) is 0 Å². The molecule has 6 heteroatoms. The Kier molecular flexibility index (Phi) is 5.88. The van der Waals surface area contributed by atoms with E-state index < -0.39 is 11.6 Å². The monoisotopic (exact) mass is 286 g/mol. The third-order valence-electron chi connectivity index (χ3n) is 2.97. The second-order valence-electron chi connectivity index (χ2n) is 4.94. The van der Waals surface area contributed by atoms with Crippen LogP contribution in [0.2, 0.25) is 0 Å². The third-order valence-corrected chi connectivity index (χ3v) is 2.97. The van der Waals surface area contributed by atoms with Gasteiger partial charge in [-0.05, 0) is 26.0 Å². The van der Waals surface area contributed by atoms with Crippen LogP contribution in [-0.2, 0) is 4.79 Å². The average molecular weight is 286 g/mol. The van der Waals surface area contributed by atoms with Crippen molar-refractivity contribution in [1.29, 1.82) is 0 Å². The van der Waals surface area contributed by atoms with Gasteiger partial charge in [-0.1, -0.05) is 6.92 Å². The maximum atomic E-state index is 13.3. The number of halogens is 2. The van der Waals surface area contributed by atoms with E-state index in [1.165, 1.54) is 6.07 Å². The SMILES string of the molecule is CC(COc1ccc(F)cc1F)NC(=O)C(C)C(C)N. The van der Waals surface area contributed by atoms with Crippen molar-refractivity contribution in [3.8, 4) is 5.75 Å². The molecule has 0 aliphatic heterocycles. The van der Waals surface area contributed by atoms with Crippen molar-refractivity contribution in [2.75, 3.05) is 6.61 Å². The Labute approximate surface area is 117 Å². The molecule has 20 heavy (non-hydrogen) atoms. The molecule has 1 aromatic carbocycles. The number of hydrogen-bond donors (Lipinski definition) is 2. The number of amides is 1. The van der Waals surface area contributed by atoms with Gasteiger partial charge in [0, 0.05) is 18.0 Å². The minimum atomic E-state index is -0.771. The van der Waals surface area contributed by atoms with Crippen LogP contribution < -0.4 is 15.8 Å². The minimum absolute atomic E-state index is 0.0484. The van der Waals surface area contributed by atoms with Crippen LogP contribution in [0.3, 0.4) is 0 Å². The number of nitrogens with two attached hydrogens (primary N) is 1. The van der Waals surface area contributed by atoms with E-state index in [4.69, 9.17) is 10.5 Å². The second kappa shape index (κ2) is 7.19. The molecule has 0 aromatic heterocycles. The van der Waals surface area contributed by atoms with E-state index in [9.17, 15) is 13.6 Å². The Morgan fingerprint density at radius 1 is 1.35 bits per heavy atom. The first-order valence-electron chi connectivity index (χ1n) is 6.45. The average Bonchev–Trinajstić information content (AvgIpc) is 2.36. The zero-order valence-electron chi connectivity index (χ0n) is 11.8. The predicted octanol–water partition coefficient (Wildman–Crippen LogP) is 1.83. The molecular weight excluding hydrogens is 266 g/mol. The lowest BCUT2D eigenvalue weighted by Crippen LogP contribution is -2.44. The zero-order chi connectivity index (χ0) is 15.3. The molecule has 1 amide bonds. The lowest BCUT2D eigenvalue weighted by Gasteiger charge is -2.20. The van der Waals surface area contributed by atoms with Crippen molar-refractivity contribution in [2.24, 2.45) is 11.7 Å². The van der Waals surface area contributed by atoms with Gasteiger partial charge >= 0.3 is 0 Å². The van der Waals surface area contributed by atoms with Gasteiger partial charge in [-0.25, -0.2) is 8.78 Å². The molecular formula is C14H20F2N2O2. The Morgan fingerprint density at radius 3 is 2.55 bits per heavy atom. The highest BCUT2D eigenvalue weighted by molar-refractivity contribution is 5.79. The molecule has 0 saturated heterocycles. The third kappa shape index (κ3) is 4.77. The zero-order valence-corrected chi connectivity index (χ0v) is 11.8. The van der Waals surface area contributed by atoms with E-state index in [-0.39, 0.29) is 36.3 Å². The van der Waals surface area contributed by atoms with Gasteiger partial charge in [-0.15, -0.1) is 0 Å². The molecule has 0 spiro atoms. The van der Waals surface area contributed by atoms with Crippen LogP contribution in [0.4, 0.5) is 8.78 Å². The number of carbonyl (C=O) groups excluding carboxylic acids is 1. The molecule has 3 atom stereocenters. The summed E-state index contributed by atoms with van der Waals surface area (Å²) < 4.78 is 31.3. The van der Waals surface area contributed by atoms with E-state index in [1.807, 2.05) is 0 Å². The fraction of sp³-hybridized carbons (Fsp3) is 0.500. The Hall–Kier alpha value is -1.69. The molecule has 112 valence electrons. The number of ether oxygens (including phenoxy) is 1. The summed E-state index contributed by atoms with van der Waals surface area (Å²) in [6.45, 7) is 5.29. The Balaban J connectivity index is 2.47. The first-order valence-corrected chi connectivity index (χ1v) is 6.45. The molecule has 0 heterocycles. The number of rotatable bonds is 6. The highest BCUT2D eigenvalue weighted by Gasteiger charge is 2.19. The largest absolute Gasteiger partial charge is 0.488 e. The summed E-state index contributed by atoms with van der Waals surface area (Å²) in [5.74, 6) is -1.99. The highest BCUT2D eigenvalue weighted by atomic mass is 19.1. The van der Waals surface area contributed by atoms with Gasteiger partial charge in [-0.3, -0.25) is 4.79 Å². The summed E-state index contributed by atoms with van der Waals surface area (Å²) in [6, 6.07) is 2.51. The van der Waals surface area contributed by atoms with Crippen molar-refractivity contribution in [2.45, 2.75) is 32.9 Å². The molecule has 3 unspecified atom stereocenters. The number of benzene rings is 1. The Bertz CT molecular complexity index is 466. The van der Waals surface area contributed by atoms with E-state index in [1.54, 1.807) is 20.8 Å². The van der Waals surface area contributed by atoms with E-state index in [2.05, 4.69) is 5.32 Å². The molecule has 1 aromatic rings. The smallest absolute Gasteiger partial charge is 0.224 e. The van der Waals surface area contributed by atoms with Gasteiger partial charge in [-0.2, -0.15) is 0 Å². The summed E-state index contributed by atoms with van der Waals surface area (Å²) in [5, 5.41) is 2.72. The summed E-state index contributed by atoms with van der Waals surface area (Å²) in [7, 11) is 0. The molecule has 4 nitrogen and oxygen atoms in total. The van der Waals surface area contributed by atoms with Gasteiger partial charge in [0.25, 0.3) is 0 Å². The van der Waals surface area contributed by atoms with Gasteiger partial charge in [0.1, 0.15) is 12.4 Å². The number of nitrogens with one attached hydrogen (secondary N) is 1. The maximum absolute atomic E-state index is 13.3.